The number of benzene rings is 1. The normalized spacial score (nSPS) is 11.8. The number of anilines is 1. The second-order valence-electron chi connectivity index (χ2n) is 3.38. The van der Waals surface area contributed by atoms with E-state index in [0.717, 1.165) is 11.3 Å². The number of alkyl halides is 3. The van der Waals surface area contributed by atoms with Crippen LogP contribution < -0.4 is 5.73 Å². The summed E-state index contributed by atoms with van der Waals surface area (Å²) in [7, 11) is 0. The molecule has 0 aliphatic heterocycles. The van der Waals surface area contributed by atoms with Gasteiger partial charge in [-0.05, 0) is 12.1 Å². The summed E-state index contributed by atoms with van der Waals surface area (Å²) in [5.41, 5.74) is 4.08. The van der Waals surface area contributed by atoms with Gasteiger partial charge in [0.15, 0.2) is 10.9 Å². The number of hydrogen-bond acceptors (Lipinski definition) is 3. The number of nitrogens with zero attached hydrogens (tertiary/aromatic N) is 1. The molecule has 0 spiro atoms. The van der Waals surface area contributed by atoms with Crippen molar-refractivity contribution in [3.63, 3.8) is 0 Å². The fraction of sp³-hybridized carbons (Fsp3) is 0.100. The highest BCUT2D eigenvalue weighted by Crippen LogP contribution is 2.38. The first-order chi connectivity index (χ1) is 8.29. The number of hydrogen-bond donors (Lipinski definition) is 1. The van der Waals surface area contributed by atoms with Gasteiger partial charge in [-0.3, -0.25) is 0 Å². The lowest BCUT2D eigenvalue weighted by molar-refractivity contribution is -0.137. The van der Waals surface area contributed by atoms with Gasteiger partial charge in [0.1, 0.15) is 0 Å². The van der Waals surface area contributed by atoms with Crippen LogP contribution in [0.25, 0.3) is 10.4 Å². The van der Waals surface area contributed by atoms with Gasteiger partial charge in [0.05, 0.1) is 15.5 Å². The molecule has 0 saturated heterocycles. The summed E-state index contributed by atoms with van der Waals surface area (Å²) >= 11 is 6.34. The van der Waals surface area contributed by atoms with E-state index in [-0.39, 0.29) is 15.6 Å². The van der Waals surface area contributed by atoms with E-state index in [1.807, 2.05) is 0 Å². The molecule has 0 aliphatic carbocycles. The Labute approximate surface area is 108 Å². The van der Waals surface area contributed by atoms with Crippen LogP contribution in [0.5, 0.6) is 0 Å². The lowest BCUT2D eigenvalue weighted by Gasteiger charge is -2.10. The summed E-state index contributed by atoms with van der Waals surface area (Å²) in [5.74, 6) is -0.923. The number of aromatic nitrogens is 1. The van der Waals surface area contributed by atoms with E-state index < -0.39 is 22.6 Å². The number of nitrogens with two attached hydrogens (primary N) is 1. The first-order valence-electron chi connectivity index (χ1n) is 4.57. The van der Waals surface area contributed by atoms with E-state index in [0.29, 0.717) is 12.1 Å². The average molecular weight is 297 g/mol. The van der Waals surface area contributed by atoms with Crippen molar-refractivity contribution in [1.82, 2.24) is 4.98 Å². The smallest absolute Gasteiger partial charge is 0.375 e. The van der Waals surface area contributed by atoms with Gasteiger partial charge >= 0.3 is 6.18 Å². The van der Waals surface area contributed by atoms with Crippen LogP contribution in [0.15, 0.2) is 18.3 Å². The van der Waals surface area contributed by atoms with Gasteiger partial charge in [-0.15, -0.1) is 0 Å². The van der Waals surface area contributed by atoms with Crippen LogP contribution in [0.3, 0.4) is 0 Å². The van der Waals surface area contributed by atoms with Crippen molar-refractivity contribution in [3.05, 3.63) is 34.7 Å². The molecule has 0 radical (unpaired) electrons. The monoisotopic (exact) mass is 296 g/mol. The highest BCUT2D eigenvalue weighted by Gasteiger charge is 2.32. The van der Waals surface area contributed by atoms with Crippen LogP contribution in [-0.4, -0.2) is 4.98 Å². The lowest BCUT2D eigenvalue weighted by Crippen LogP contribution is -2.05. The van der Waals surface area contributed by atoms with Gasteiger partial charge in [-0.1, -0.05) is 22.9 Å². The second kappa shape index (κ2) is 4.40. The molecular formula is C10H5ClF4N2S. The Morgan fingerprint density at radius 2 is 1.94 bits per heavy atom. The van der Waals surface area contributed by atoms with Crippen LogP contribution in [0.4, 0.5) is 22.7 Å². The largest absolute Gasteiger partial charge is 0.416 e. The highest BCUT2D eigenvalue weighted by atomic mass is 35.5. The van der Waals surface area contributed by atoms with Crippen LogP contribution >= 0.6 is 22.9 Å². The molecule has 18 heavy (non-hydrogen) atoms. The summed E-state index contributed by atoms with van der Waals surface area (Å²) in [5, 5.41) is -0.454. The van der Waals surface area contributed by atoms with E-state index in [1.165, 1.54) is 6.20 Å². The zero-order valence-electron chi connectivity index (χ0n) is 8.55. The molecule has 1 heterocycles. The Morgan fingerprint density at radius 3 is 2.44 bits per heavy atom. The van der Waals surface area contributed by atoms with E-state index in [9.17, 15) is 17.6 Å². The summed E-state index contributed by atoms with van der Waals surface area (Å²) in [4.78, 5) is 3.85. The fourth-order valence-electron chi connectivity index (χ4n) is 1.34. The lowest BCUT2D eigenvalue weighted by atomic mass is 10.1. The molecule has 8 heteroatoms. The van der Waals surface area contributed by atoms with Crippen LogP contribution in [0.2, 0.25) is 5.02 Å². The number of halogens is 5. The van der Waals surface area contributed by atoms with Crippen LogP contribution in [0.1, 0.15) is 5.56 Å². The Balaban J connectivity index is 2.63. The van der Waals surface area contributed by atoms with E-state index in [4.69, 9.17) is 17.3 Å². The fourth-order valence-corrected chi connectivity index (χ4v) is 2.26. The second-order valence-corrected chi connectivity index (χ2v) is 4.85. The predicted octanol–water partition coefficient (Wildman–Crippen LogP) is 4.20. The third-order valence-corrected chi connectivity index (χ3v) is 3.28. The number of thiazole rings is 1. The average Bonchev–Trinajstić information content (AvgIpc) is 2.67. The summed E-state index contributed by atoms with van der Waals surface area (Å²) in [6.45, 7) is 0. The molecule has 0 fully saturated rings. The molecule has 2 N–H and O–H groups in total. The van der Waals surface area contributed by atoms with Crippen molar-refractivity contribution < 1.29 is 17.6 Å². The number of rotatable bonds is 1. The molecule has 0 atom stereocenters. The standard InChI is InChI=1S/C10H5ClF4N2S/c11-6-2-4(10(13,14)15)1-5(8(6)12)7-3-17-9(16)18-7/h1-3H,(H2,16,17). The first kappa shape index (κ1) is 13.1. The molecule has 2 aromatic rings. The maximum Gasteiger partial charge on any atom is 0.416 e. The van der Waals surface area contributed by atoms with Gasteiger partial charge in [0.2, 0.25) is 0 Å². The third-order valence-electron chi connectivity index (χ3n) is 2.14. The summed E-state index contributed by atoms with van der Waals surface area (Å²) in [6.07, 6.45) is -3.39. The quantitative estimate of drug-likeness (QED) is 0.801. The van der Waals surface area contributed by atoms with Crippen molar-refractivity contribution in [2.45, 2.75) is 6.18 Å². The van der Waals surface area contributed by atoms with Gasteiger partial charge in [0.25, 0.3) is 0 Å². The molecule has 0 bridgehead atoms. The maximum atomic E-state index is 13.7. The maximum absolute atomic E-state index is 13.7. The molecule has 2 rings (SSSR count). The summed E-state index contributed by atoms with van der Waals surface area (Å²) in [6, 6.07) is 1.24. The number of nitrogen functional groups attached to an aromatic ring is 1. The van der Waals surface area contributed by atoms with Gasteiger partial charge in [-0.25, -0.2) is 9.37 Å². The Hall–Kier alpha value is -1.34. The molecular weight excluding hydrogens is 292 g/mol. The molecule has 96 valence electrons. The highest BCUT2D eigenvalue weighted by molar-refractivity contribution is 7.18. The van der Waals surface area contributed by atoms with Crippen molar-refractivity contribution in [2.75, 3.05) is 5.73 Å². The van der Waals surface area contributed by atoms with E-state index >= 15 is 0 Å². The Bertz CT molecular complexity index is 594. The Morgan fingerprint density at radius 1 is 1.28 bits per heavy atom. The summed E-state index contributed by atoms with van der Waals surface area (Å²) < 4.78 is 51.5. The third kappa shape index (κ3) is 2.41. The molecule has 1 aromatic carbocycles. The molecule has 0 aliphatic rings. The Kier molecular flexibility index (Phi) is 3.20. The van der Waals surface area contributed by atoms with Gasteiger partial charge in [-0.2, -0.15) is 13.2 Å². The first-order valence-corrected chi connectivity index (χ1v) is 5.76. The predicted molar refractivity (Wildman–Crippen MR) is 61.9 cm³/mol. The minimum Gasteiger partial charge on any atom is -0.375 e. The van der Waals surface area contributed by atoms with E-state index in [2.05, 4.69) is 4.98 Å². The molecule has 1 aromatic heterocycles. The zero-order chi connectivity index (χ0) is 13.5. The van der Waals surface area contributed by atoms with Gasteiger partial charge in [0, 0.05) is 11.8 Å². The van der Waals surface area contributed by atoms with Crippen LogP contribution in [0, 0.1) is 5.82 Å². The molecule has 0 saturated carbocycles. The minimum absolute atomic E-state index is 0.137. The molecule has 2 nitrogen and oxygen atoms in total. The SMILES string of the molecule is Nc1ncc(-c2cc(C(F)(F)F)cc(Cl)c2F)s1. The molecule has 0 amide bonds. The van der Waals surface area contributed by atoms with Crippen molar-refractivity contribution in [3.8, 4) is 10.4 Å². The zero-order valence-corrected chi connectivity index (χ0v) is 10.1. The topological polar surface area (TPSA) is 38.9 Å². The van der Waals surface area contributed by atoms with Crippen molar-refractivity contribution in [1.29, 1.82) is 0 Å². The molecule has 0 unspecified atom stereocenters. The van der Waals surface area contributed by atoms with Crippen LogP contribution in [-0.2, 0) is 6.18 Å². The van der Waals surface area contributed by atoms with Crippen molar-refractivity contribution in [2.24, 2.45) is 0 Å². The van der Waals surface area contributed by atoms with E-state index in [1.54, 1.807) is 0 Å². The van der Waals surface area contributed by atoms with Gasteiger partial charge < -0.3 is 5.73 Å². The minimum atomic E-state index is -4.59. The van der Waals surface area contributed by atoms with Crippen molar-refractivity contribution >= 4 is 28.1 Å².